The van der Waals surface area contributed by atoms with Crippen molar-refractivity contribution in [2.75, 3.05) is 19.0 Å². The molecule has 0 spiro atoms. The first-order valence-corrected chi connectivity index (χ1v) is 6.29. The van der Waals surface area contributed by atoms with Crippen molar-refractivity contribution in [2.24, 2.45) is 5.92 Å². The normalized spacial score (nSPS) is 12.6. The second-order valence-corrected chi connectivity index (χ2v) is 4.75. The summed E-state index contributed by atoms with van der Waals surface area (Å²) >= 11 is 0. The minimum absolute atomic E-state index is 0.295. The predicted molar refractivity (Wildman–Crippen MR) is 73.3 cm³/mol. The number of anilines is 1. The summed E-state index contributed by atoms with van der Waals surface area (Å²) in [5, 5.41) is 14.6. The van der Waals surface area contributed by atoms with E-state index < -0.39 is 0 Å². The summed E-state index contributed by atoms with van der Waals surface area (Å²) in [7, 11) is 1.72. The fraction of sp³-hybridized carbons (Fsp3) is 0.462. The summed E-state index contributed by atoms with van der Waals surface area (Å²) in [6.07, 6.45) is 1.57. The van der Waals surface area contributed by atoms with Crippen LogP contribution in [-0.2, 0) is 4.74 Å². The maximum atomic E-state index is 5.23. The van der Waals surface area contributed by atoms with Crippen LogP contribution < -0.4 is 5.32 Å². The Morgan fingerprint density at radius 3 is 2.53 bits per heavy atom. The molecule has 2 aromatic rings. The monoisotopic (exact) mass is 261 g/mol. The highest BCUT2D eigenvalue weighted by Gasteiger charge is 2.12. The standard InChI is InChI=1S/C13H19N5O/c1-10(2)13(8-19-3)15-11-4-6-12(7-5-11)18-9-14-16-17-18/h4-7,9-10,13,15H,8H2,1-3H3. The van der Waals surface area contributed by atoms with Crippen molar-refractivity contribution in [3.05, 3.63) is 30.6 Å². The Bertz CT molecular complexity index is 480. The van der Waals surface area contributed by atoms with Crippen molar-refractivity contribution in [1.82, 2.24) is 20.2 Å². The van der Waals surface area contributed by atoms with Crippen LogP contribution in [0.4, 0.5) is 5.69 Å². The summed E-state index contributed by atoms with van der Waals surface area (Å²) in [5.74, 6) is 0.499. The number of hydrogen-bond donors (Lipinski definition) is 1. The third-order valence-corrected chi connectivity index (χ3v) is 2.98. The maximum absolute atomic E-state index is 5.23. The fourth-order valence-corrected chi connectivity index (χ4v) is 1.78. The number of rotatable bonds is 6. The molecule has 6 nitrogen and oxygen atoms in total. The SMILES string of the molecule is COCC(Nc1ccc(-n2cnnn2)cc1)C(C)C. The molecule has 0 saturated heterocycles. The van der Waals surface area contributed by atoms with Gasteiger partial charge in [-0.2, -0.15) is 0 Å². The molecule has 1 atom stereocenters. The molecule has 0 aliphatic rings. The molecule has 0 radical (unpaired) electrons. The minimum Gasteiger partial charge on any atom is -0.383 e. The highest BCUT2D eigenvalue weighted by Crippen LogP contribution is 2.15. The summed E-state index contributed by atoms with van der Waals surface area (Å²) < 4.78 is 6.85. The van der Waals surface area contributed by atoms with Gasteiger partial charge in [0.05, 0.1) is 18.3 Å². The van der Waals surface area contributed by atoms with Crippen LogP contribution in [0.1, 0.15) is 13.8 Å². The Labute approximate surface area is 112 Å². The number of tetrazole rings is 1. The molecule has 1 N–H and O–H groups in total. The largest absolute Gasteiger partial charge is 0.383 e. The summed E-state index contributed by atoms with van der Waals surface area (Å²) in [4.78, 5) is 0. The van der Waals surface area contributed by atoms with Gasteiger partial charge in [0.15, 0.2) is 0 Å². The van der Waals surface area contributed by atoms with Crippen LogP contribution in [0.5, 0.6) is 0 Å². The number of aromatic nitrogens is 4. The van der Waals surface area contributed by atoms with Crippen LogP contribution in [0.3, 0.4) is 0 Å². The molecule has 1 heterocycles. The van der Waals surface area contributed by atoms with Gasteiger partial charge in [0.2, 0.25) is 0 Å². The Hall–Kier alpha value is -1.95. The van der Waals surface area contributed by atoms with Gasteiger partial charge in [-0.05, 0) is 40.6 Å². The van der Waals surface area contributed by atoms with Gasteiger partial charge in [-0.25, -0.2) is 4.68 Å². The zero-order chi connectivity index (χ0) is 13.7. The lowest BCUT2D eigenvalue weighted by molar-refractivity contribution is 0.171. The van der Waals surface area contributed by atoms with Gasteiger partial charge in [0, 0.05) is 12.8 Å². The molecular weight excluding hydrogens is 242 g/mol. The lowest BCUT2D eigenvalue weighted by atomic mass is 10.1. The molecular formula is C13H19N5O. The molecule has 1 aromatic heterocycles. The van der Waals surface area contributed by atoms with Crippen LogP contribution in [0, 0.1) is 5.92 Å². The molecule has 0 amide bonds. The second-order valence-electron chi connectivity index (χ2n) is 4.75. The van der Waals surface area contributed by atoms with Gasteiger partial charge >= 0.3 is 0 Å². The van der Waals surface area contributed by atoms with Gasteiger partial charge in [0.1, 0.15) is 6.33 Å². The summed E-state index contributed by atoms with van der Waals surface area (Å²) in [6, 6.07) is 8.28. The molecule has 6 heteroatoms. The highest BCUT2D eigenvalue weighted by molar-refractivity contribution is 5.49. The number of nitrogens with one attached hydrogen (secondary N) is 1. The van der Waals surface area contributed by atoms with E-state index in [1.54, 1.807) is 18.1 Å². The molecule has 0 aliphatic heterocycles. The van der Waals surface area contributed by atoms with E-state index in [1.165, 1.54) is 0 Å². The molecule has 0 saturated carbocycles. The zero-order valence-corrected chi connectivity index (χ0v) is 11.4. The second kappa shape index (κ2) is 6.29. The van der Waals surface area contributed by atoms with E-state index in [1.807, 2.05) is 24.3 Å². The third-order valence-electron chi connectivity index (χ3n) is 2.98. The van der Waals surface area contributed by atoms with E-state index in [0.717, 1.165) is 11.4 Å². The topological polar surface area (TPSA) is 64.9 Å². The van der Waals surface area contributed by atoms with E-state index in [-0.39, 0.29) is 0 Å². The summed E-state index contributed by atoms with van der Waals surface area (Å²) in [6.45, 7) is 5.03. The van der Waals surface area contributed by atoms with Crippen molar-refractivity contribution in [3.8, 4) is 5.69 Å². The first-order chi connectivity index (χ1) is 9.20. The Kier molecular flexibility index (Phi) is 4.46. The number of benzene rings is 1. The van der Waals surface area contributed by atoms with Crippen LogP contribution in [0.25, 0.3) is 5.69 Å². The van der Waals surface area contributed by atoms with Crippen molar-refractivity contribution >= 4 is 5.69 Å². The van der Waals surface area contributed by atoms with Crippen LogP contribution in [0.15, 0.2) is 30.6 Å². The van der Waals surface area contributed by atoms with Crippen LogP contribution in [0.2, 0.25) is 0 Å². The van der Waals surface area contributed by atoms with E-state index in [4.69, 9.17) is 4.74 Å². The van der Waals surface area contributed by atoms with Gasteiger partial charge in [-0.15, -0.1) is 5.10 Å². The molecule has 19 heavy (non-hydrogen) atoms. The van der Waals surface area contributed by atoms with Crippen molar-refractivity contribution in [1.29, 1.82) is 0 Å². The van der Waals surface area contributed by atoms with Crippen molar-refractivity contribution in [3.63, 3.8) is 0 Å². The van der Waals surface area contributed by atoms with Crippen molar-refractivity contribution in [2.45, 2.75) is 19.9 Å². The Morgan fingerprint density at radius 1 is 1.26 bits per heavy atom. The van der Waals surface area contributed by atoms with Crippen LogP contribution >= 0.6 is 0 Å². The zero-order valence-electron chi connectivity index (χ0n) is 11.4. The Morgan fingerprint density at radius 2 is 2.00 bits per heavy atom. The lowest BCUT2D eigenvalue weighted by Gasteiger charge is -2.22. The first-order valence-electron chi connectivity index (χ1n) is 6.29. The first kappa shape index (κ1) is 13.5. The van der Waals surface area contributed by atoms with Gasteiger partial charge in [-0.3, -0.25) is 0 Å². The predicted octanol–water partition coefficient (Wildman–Crippen LogP) is 1.75. The lowest BCUT2D eigenvalue weighted by Crippen LogP contribution is -2.30. The average molecular weight is 261 g/mol. The smallest absolute Gasteiger partial charge is 0.143 e. The Balaban J connectivity index is 2.06. The van der Waals surface area contributed by atoms with E-state index >= 15 is 0 Å². The number of methoxy groups -OCH3 is 1. The highest BCUT2D eigenvalue weighted by atomic mass is 16.5. The molecule has 1 aromatic carbocycles. The quantitative estimate of drug-likeness (QED) is 0.858. The van der Waals surface area contributed by atoms with E-state index in [0.29, 0.717) is 18.6 Å². The maximum Gasteiger partial charge on any atom is 0.143 e. The molecule has 0 bridgehead atoms. The average Bonchev–Trinajstić information content (AvgIpc) is 2.93. The number of hydrogen-bond acceptors (Lipinski definition) is 5. The van der Waals surface area contributed by atoms with E-state index in [9.17, 15) is 0 Å². The van der Waals surface area contributed by atoms with Gasteiger partial charge in [0.25, 0.3) is 0 Å². The van der Waals surface area contributed by atoms with Crippen LogP contribution in [-0.4, -0.2) is 40.0 Å². The molecule has 0 fully saturated rings. The molecule has 0 aliphatic carbocycles. The van der Waals surface area contributed by atoms with E-state index in [2.05, 4.69) is 34.7 Å². The number of nitrogens with zero attached hydrogens (tertiary/aromatic N) is 4. The molecule has 2 rings (SSSR count). The van der Waals surface area contributed by atoms with Gasteiger partial charge < -0.3 is 10.1 Å². The summed E-state index contributed by atoms with van der Waals surface area (Å²) in [5.41, 5.74) is 2.00. The third kappa shape index (κ3) is 3.51. The van der Waals surface area contributed by atoms with Crippen molar-refractivity contribution < 1.29 is 4.74 Å². The molecule has 102 valence electrons. The minimum atomic E-state index is 0.295. The molecule has 1 unspecified atom stereocenters. The number of ether oxygens (including phenoxy) is 1. The van der Waals surface area contributed by atoms with Gasteiger partial charge in [-0.1, -0.05) is 13.8 Å². The fourth-order valence-electron chi connectivity index (χ4n) is 1.78.